The van der Waals surface area contributed by atoms with Gasteiger partial charge >= 0.3 is 5.97 Å². The molecule has 12 heteroatoms. The molecule has 1 N–H and O–H groups in total. The predicted molar refractivity (Wildman–Crippen MR) is 115 cm³/mol. The van der Waals surface area contributed by atoms with Crippen LogP contribution in [0.3, 0.4) is 0 Å². The van der Waals surface area contributed by atoms with Crippen molar-refractivity contribution in [2.75, 3.05) is 31.1 Å². The lowest BCUT2D eigenvalue weighted by atomic mass is 10.1. The third-order valence-electron chi connectivity index (χ3n) is 5.69. The quantitative estimate of drug-likeness (QED) is 0.462. The molecule has 0 radical (unpaired) electrons. The van der Waals surface area contributed by atoms with E-state index in [2.05, 4.69) is 0 Å². The fourth-order valence-electron chi connectivity index (χ4n) is 4.08. The molecule has 1 fully saturated rings. The van der Waals surface area contributed by atoms with Gasteiger partial charge in [-0.15, -0.1) is 0 Å². The number of furan rings is 1. The van der Waals surface area contributed by atoms with Gasteiger partial charge in [0.15, 0.2) is 5.76 Å². The number of rotatable bonds is 4. The number of nitro groups is 1. The smallest absolute Gasteiger partial charge is 0.342 e. The van der Waals surface area contributed by atoms with Crippen molar-refractivity contribution in [3.8, 4) is 0 Å². The van der Waals surface area contributed by atoms with Crippen LogP contribution in [-0.2, 0) is 5.88 Å². The lowest BCUT2D eigenvalue weighted by molar-refractivity contribution is -0.384. The van der Waals surface area contributed by atoms with E-state index in [0.717, 1.165) is 0 Å². The van der Waals surface area contributed by atoms with Gasteiger partial charge in [-0.25, -0.2) is 4.79 Å². The van der Waals surface area contributed by atoms with Crippen molar-refractivity contribution in [2.24, 2.45) is 0 Å². The summed E-state index contributed by atoms with van der Waals surface area (Å²) in [5, 5.41) is 21.8. The first-order chi connectivity index (χ1) is 15.4. The van der Waals surface area contributed by atoms with Crippen molar-refractivity contribution in [3.63, 3.8) is 0 Å². The van der Waals surface area contributed by atoms with Crippen LogP contribution in [-0.4, -0.2) is 57.6 Å². The van der Waals surface area contributed by atoms with Crippen LogP contribution in [0.15, 0.2) is 44.8 Å². The third-order valence-corrected chi connectivity index (χ3v) is 6.78. The number of hydrogen-bond acceptors (Lipinski definition) is 8. The van der Waals surface area contributed by atoms with Crippen LogP contribution in [0.5, 0.6) is 0 Å². The Kier molecular flexibility index (Phi) is 4.66. The first kappa shape index (κ1) is 20.1. The molecule has 32 heavy (non-hydrogen) atoms. The van der Waals surface area contributed by atoms with E-state index >= 15 is 0 Å². The molecular formula is C20H16N4O7S. The fraction of sp³-hybridized carbons (Fsp3) is 0.250. The first-order valence-corrected chi connectivity index (χ1v) is 10.7. The minimum Gasteiger partial charge on any atom is -0.477 e. The summed E-state index contributed by atoms with van der Waals surface area (Å²) < 4.78 is 6.76. The van der Waals surface area contributed by atoms with Crippen molar-refractivity contribution in [2.45, 2.75) is 10.9 Å². The molecule has 3 aromatic rings. The average Bonchev–Trinajstić information content (AvgIpc) is 3.29. The van der Waals surface area contributed by atoms with E-state index in [4.69, 9.17) is 4.42 Å². The molecule has 4 heterocycles. The Hall–Kier alpha value is -3.80. The molecule has 0 bridgehead atoms. The van der Waals surface area contributed by atoms with Gasteiger partial charge in [0.1, 0.15) is 11.3 Å². The van der Waals surface area contributed by atoms with E-state index < -0.39 is 16.3 Å². The SMILES string of the molecule is O=C(O)c1c2n(c3cc([N+](=O)[O-])c(N4CCN(C(=O)c5ccco5)CC4)cc3c1=O)CS2. The van der Waals surface area contributed by atoms with Crippen LogP contribution in [0, 0.1) is 10.1 Å². The maximum atomic E-state index is 12.9. The van der Waals surface area contributed by atoms with Crippen molar-refractivity contribution in [3.05, 3.63) is 62.2 Å². The summed E-state index contributed by atoms with van der Waals surface area (Å²) >= 11 is 1.22. The summed E-state index contributed by atoms with van der Waals surface area (Å²) in [4.78, 5) is 51.7. The number of hydrogen-bond donors (Lipinski definition) is 1. The Bertz CT molecular complexity index is 1340. The van der Waals surface area contributed by atoms with E-state index in [1.165, 1.54) is 30.2 Å². The molecule has 0 unspecified atom stereocenters. The van der Waals surface area contributed by atoms with E-state index in [-0.39, 0.29) is 34.0 Å². The van der Waals surface area contributed by atoms with Crippen LogP contribution in [0.4, 0.5) is 11.4 Å². The second-order valence-corrected chi connectivity index (χ2v) is 8.32. The molecule has 1 amide bonds. The van der Waals surface area contributed by atoms with Crippen molar-refractivity contribution in [1.82, 2.24) is 9.47 Å². The highest BCUT2D eigenvalue weighted by molar-refractivity contribution is 7.99. The molecule has 1 aromatic carbocycles. The van der Waals surface area contributed by atoms with Gasteiger partial charge in [-0.3, -0.25) is 19.7 Å². The van der Waals surface area contributed by atoms with Crippen LogP contribution in [0.1, 0.15) is 20.9 Å². The van der Waals surface area contributed by atoms with Crippen LogP contribution >= 0.6 is 11.8 Å². The molecule has 2 aliphatic heterocycles. The Labute approximate surface area is 184 Å². The van der Waals surface area contributed by atoms with E-state index in [0.29, 0.717) is 42.6 Å². The number of aromatic carboxylic acids is 1. The second kappa shape index (κ2) is 7.41. The van der Waals surface area contributed by atoms with Crippen LogP contribution in [0.2, 0.25) is 0 Å². The van der Waals surface area contributed by atoms with Gasteiger partial charge in [-0.2, -0.15) is 0 Å². The fourth-order valence-corrected chi connectivity index (χ4v) is 5.03. The highest BCUT2D eigenvalue weighted by atomic mass is 32.2. The number of carbonyl (C=O) groups is 2. The first-order valence-electron chi connectivity index (χ1n) is 9.69. The number of fused-ring (bicyclic) bond motifs is 3. The Morgan fingerprint density at radius 1 is 1.19 bits per heavy atom. The number of pyridine rings is 1. The molecule has 5 rings (SSSR count). The van der Waals surface area contributed by atoms with Gasteiger partial charge in [0.2, 0.25) is 5.43 Å². The van der Waals surface area contributed by atoms with Gasteiger partial charge in [0, 0.05) is 37.6 Å². The number of piperazine rings is 1. The number of carboxylic acid groups (broad SMARTS) is 1. The number of anilines is 1. The molecule has 2 aromatic heterocycles. The Morgan fingerprint density at radius 2 is 1.94 bits per heavy atom. The summed E-state index contributed by atoms with van der Waals surface area (Å²) in [5.41, 5.74) is -0.571. The van der Waals surface area contributed by atoms with Crippen molar-refractivity contribution >= 4 is 45.9 Å². The minimum absolute atomic E-state index is 0.126. The van der Waals surface area contributed by atoms with Crippen molar-refractivity contribution in [1.29, 1.82) is 0 Å². The van der Waals surface area contributed by atoms with Gasteiger partial charge in [0.05, 0.1) is 27.6 Å². The van der Waals surface area contributed by atoms with Crippen molar-refractivity contribution < 1.29 is 24.0 Å². The maximum absolute atomic E-state index is 12.9. The molecule has 1 saturated heterocycles. The number of carboxylic acids is 1. The molecule has 0 saturated carbocycles. The van der Waals surface area contributed by atoms with E-state index in [9.17, 15) is 29.6 Å². The zero-order valence-corrected chi connectivity index (χ0v) is 17.3. The molecule has 164 valence electrons. The summed E-state index contributed by atoms with van der Waals surface area (Å²) in [6, 6.07) is 5.94. The number of nitro benzene ring substituents is 1. The number of aromatic nitrogens is 1. The molecule has 0 spiro atoms. The van der Waals surface area contributed by atoms with Crippen LogP contribution < -0.4 is 10.3 Å². The second-order valence-electron chi connectivity index (χ2n) is 7.39. The summed E-state index contributed by atoms with van der Waals surface area (Å²) in [7, 11) is 0. The molecular weight excluding hydrogens is 440 g/mol. The van der Waals surface area contributed by atoms with E-state index in [1.807, 2.05) is 0 Å². The zero-order valence-electron chi connectivity index (χ0n) is 16.5. The summed E-state index contributed by atoms with van der Waals surface area (Å²) in [6.45, 7) is 1.25. The lowest BCUT2D eigenvalue weighted by Gasteiger charge is -2.35. The van der Waals surface area contributed by atoms with Gasteiger partial charge < -0.3 is 23.9 Å². The normalized spacial score (nSPS) is 15.4. The standard InChI is InChI=1S/C20H16N4O7S/c25-17-11-8-13(21-3-5-22(6-4-21)18(26)15-2-1-7-31-15)14(24(29)30)9-12(11)23-10-32-19(23)16(17)20(27)28/h1-2,7-9H,3-6,10H2,(H,27,28). The maximum Gasteiger partial charge on any atom is 0.342 e. The third kappa shape index (κ3) is 3.02. The minimum atomic E-state index is -1.32. The average molecular weight is 456 g/mol. The topological polar surface area (TPSA) is 139 Å². The number of nitrogens with zero attached hydrogens (tertiary/aromatic N) is 4. The monoisotopic (exact) mass is 456 g/mol. The zero-order chi connectivity index (χ0) is 22.6. The number of amides is 1. The number of benzene rings is 1. The molecule has 2 aliphatic rings. The molecule has 11 nitrogen and oxygen atoms in total. The van der Waals surface area contributed by atoms with Crippen LogP contribution in [0.25, 0.3) is 10.9 Å². The predicted octanol–water partition coefficient (Wildman–Crippen LogP) is 2.23. The lowest BCUT2D eigenvalue weighted by Crippen LogP contribution is -2.48. The molecule has 0 atom stereocenters. The highest BCUT2D eigenvalue weighted by Crippen LogP contribution is 2.40. The largest absolute Gasteiger partial charge is 0.477 e. The van der Waals surface area contributed by atoms with Gasteiger partial charge in [0.25, 0.3) is 11.6 Å². The molecule has 0 aliphatic carbocycles. The Balaban J connectivity index is 1.53. The Morgan fingerprint density at radius 3 is 2.50 bits per heavy atom. The number of carbonyl (C=O) groups excluding carboxylic acids is 1. The van der Waals surface area contributed by atoms with Gasteiger partial charge in [-0.05, 0) is 18.2 Å². The summed E-state index contributed by atoms with van der Waals surface area (Å²) in [5.74, 6) is -0.946. The summed E-state index contributed by atoms with van der Waals surface area (Å²) in [6.07, 6.45) is 1.42. The van der Waals surface area contributed by atoms with Gasteiger partial charge in [-0.1, -0.05) is 11.8 Å². The highest BCUT2D eigenvalue weighted by Gasteiger charge is 2.32. The number of thioether (sulfide) groups is 1. The van der Waals surface area contributed by atoms with E-state index in [1.54, 1.807) is 26.5 Å².